The first kappa shape index (κ1) is 46.9. The topological polar surface area (TPSA) is 190 Å². The van der Waals surface area contributed by atoms with Gasteiger partial charge in [-0.15, -0.1) is 32.9 Å². The van der Waals surface area contributed by atoms with Crippen molar-refractivity contribution < 1.29 is 24.3 Å². The number of fused-ring (bicyclic) bond motifs is 1. The van der Waals surface area contributed by atoms with Crippen LogP contribution in [0.5, 0.6) is 0 Å². The third-order valence-corrected chi connectivity index (χ3v) is 16.1. The number of aliphatic hydroxyl groups excluding tert-OH is 2. The number of piperazine rings is 1. The van der Waals surface area contributed by atoms with Gasteiger partial charge < -0.3 is 39.7 Å². The lowest BCUT2D eigenvalue weighted by Gasteiger charge is -2.36. The first-order valence-electron chi connectivity index (χ1n) is 23.4. The molecule has 0 spiro atoms. The van der Waals surface area contributed by atoms with Gasteiger partial charge in [-0.3, -0.25) is 9.59 Å². The summed E-state index contributed by atoms with van der Waals surface area (Å²) in [7, 11) is 0. The number of β-amino-alcohol motifs (C(OH)–C–C–N with tert-alkyl or cyclic N) is 1. The number of amides is 2. The molecule has 68 heavy (non-hydrogen) atoms. The van der Waals surface area contributed by atoms with Crippen molar-refractivity contribution >= 4 is 67.7 Å². The van der Waals surface area contributed by atoms with E-state index in [0.717, 1.165) is 82.6 Å². The van der Waals surface area contributed by atoms with E-state index in [-0.39, 0.29) is 42.5 Å². The maximum Gasteiger partial charge on any atom is 0.243 e. The smallest absolute Gasteiger partial charge is 0.243 e. The summed E-state index contributed by atoms with van der Waals surface area (Å²) < 4.78 is 5.91. The molecule has 8 heterocycles. The maximum atomic E-state index is 14.4. The Balaban J connectivity index is 0.777. The third kappa shape index (κ3) is 9.45. The average Bonchev–Trinajstić information content (AvgIpc) is 4.16. The molecule has 0 unspecified atom stereocenters. The zero-order chi connectivity index (χ0) is 47.8. The van der Waals surface area contributed by atoms with Crippen molar-refractivity contribution in [1.29, 1.82) is 0 Å². The van der Waals surface area contributed by atoms with E-state index in [1.807, 2.05) is 88.9 Å². The zero-order valence-corrected chi connectivity index (χ0v) is 41.1. The van der Waals surface area contributed by atoms with Gasteiger partial charge in [0.15, 0.2) is 11.6 Å². The quantitative estimate of drug-likeness (QED) is 0.0746. The molecule has 3 aliphatic rings. The molecule has 1 aromatic carbocycles. The number of piperidine rings is 1. The lowest BCUT2D eigenvalue weighted by molar-refractivity contribution is -0.141. The minimum absolute atomic E-state index is 0.0164. The molecule has 2 amide bonds. The fraction of sp³-hybridized carbons (Fsp3) is 0.440. The fourth-order valence-electron chi connectivity index (χ4n) is 9.89. The van der Waals surface area contributed by atoms with Crippen molar-refractivity contribution in [3.63, 3.8) is 0 Å². The zero-order valence-electron chi connectivity index (χ0n) is 39.4. The molecule has 3 fully saturated rings. The Hall–Kier alpha value is -6.24. The summed E-state index contributed by atoms with van der Waals surface area (Å²) in [5.74, 6) is 0.821. The molecule has 5 aromatic heterocycles. The van der Waals surface area contributed by atoms with E-state index >= 15 is 0 Å². The van der Waals surface area contributed by atoms with E-state index in [9.17, 15) is 19.8 Å². The van der Waals surface area contributed by atoms with Crippen LogP contribution in [0.25, 0.3) is 26.2 Å². The van der Waals surface area contributed by atoms with Crippen LogP contribution in [0, 0.1) is 19.8 Å². The minimum Gasteiger partial charge on any atom is -0.508 e. The third-order valence-electron chi connectivity index (χ3n) is 13.8. The number of thiazole rings is 1. The van der Waals surface area contributed by atoms with Gasteiger partial charge in [0.1, 0.15) is 22.5 Å². The number of hydrogen-bond donors (Lipinski definition) is 3. The first-order chi connectivity index (χ1) is 32.8. The van der Waals surface area contributed by atoms with Gasteiger partial charge >= 0.3 is 0 Å². The molecular weight excluding hydrogens is 899 g/mol. The van der Waals surface area contributed by atoms with Gasteiger partial charge in [0.25, 0.3) is 0 Å². The number of carbonyl (C=O) groups is 2. The number of aryl methyl sites for hydroxylation is 2. The summed E-state index contributed by atoms with van der Waals surface area (Å²) in [6, 6.07) is 10.8. The average molecular weight is 958 g/mol. The standard InChI is InChI=1S/C50H59N11O5S2/c1-8-38(32(7)62)40-22-39-29(4)45(68-48(39)56-55-40)35-13-15-60(16-14-35)50-51-24-36(25-52-50)58-17-19-59(20-18-58)43-23-42(66-57-43)44(28(2)3)49(65)61-26-37(63)21-41(61)47(64)54-30(5)33-9-11-34(12-10-33)46-31(6)53-27-67-46/h8-12,22-25,27-28,30,35,37,41,44,62-63H,7,13-21,26H2,1-6H3,(H,54,64)/b38-8+/t30-,37+,41-,44+/m0/s1. The molecule has 18 heteroatoms. The molecule has 0 bridgehead atoms. The maximum absolute atomic E-state index is 14.4. The first-order valence-corrected chi connectivity index (χ1v) is 25.1. The van der Waals surface area contributed by atoms with E-state index in [4.69, 9.17) is 14.5 Å². The van der Waals surface area contributed by atoms with Crippen LogP contribution >= 0.6 is 22.7 Å². The molecule has 3 N–H and O–H groups in total. The second-order valence-electron chi connectivity index (χ2n) is 18.5. The Morgan fingerprint density at radius 1 is 0.941 bits per heavy atom. The Morgan fingerprint density at radius 2 is 1.65 bits per heavy atom. The van der Waals surface area contributed by atoms with E-state index in [1.54, 1.807) is 28.7 Å². The molecular formula is C50H59N11O5S2. The molecule has 6 aromatic rings. The van der Waals surface area contributed by atoms with Crippen molar-refractivity contribution in [2.24, 2.45) is 5.92 Å². The Bertz CT molecular complexity index is 2810. The number of hydrogen-bond acceptors (Lipinski definition) is 16. The molecule has 356 valence electrons. The monoisotopic (exact) mass is 957 g/mol. The molecule has 16 nitrogen and oxygen atoms in total. The number of allylic oxidation sites excluding steroid dienone is 2. The summed E-state index contributed by atoms with van der Waals surface area (Å²) in [5.41, 5.74) is 8.22. The van der Waals surface area contributed by atoms with Crippen molar-refractivity contribution in [2.45, 2.75) is 90.8 Å². The number of nitrogens with zero attached hydrogens (tertiary/aromatic N) is 10. The predicted molar refractivity (Wildman–Crippen MR) is 267 cm³/mol. The largest absolute Gasteiger partial charge is 0.508 e. The molecule has 0 radical (unpaired) electrons. The number of aromatic nitrogens is 6. The van der Waals surface area contributed by atoms with Crippen LogP contribution in [0.4, 0.5) is 17.5 Å². The molecule has 0 saturated carbocycles. The summed E-state index contributed by atoms with van der Waals surface area (Å²) in [5, 5.41) is 38.2. The van der Waals surface area contributed by atoms with E-state index in [1.165, 1.54) is 15.3 Å². The Kier molecular flexibility index (Phi) is 13.6. The molecule has 9 rings (SSSR count). The van der Waals surface area contributed by atoms with Crippen molar-refractivity contribution in [1.82, 2.24) is 40.5 Å². The van der Waals surface area contributed by atoms with E-state index in [2.05, 4.69) is 53.9 Å². The lowest BCUT2D eigenvalue weighted by Crippen LogP contribution is -2.48. The Morgan fingerprint density at radius 3 is 2.29 bits per heavy atom. The highest BCUT2D eigenvalue weighted by atomic mass is 32.1. The summed E-state index contributed by atoms with van der Waals surface area (Å²) in [6.45, 7) is 20.1. The van der Waals surface area contributed by atoms with E-state index < -0.39 is 18.1 Å². The van der Waals surface area contributed by atoms with Crippen LogP contribution in [0.2, 0.25) is 0 Å². The van der Waals surface area contributed by atoms with Gasteiger partial charge in [-0.1, -0.05) is 55.9 Å². The predicted octanol–water partition coefficient (Wildman–Crippen LogP) is 7.97. The lowest BCUT2D eigenvalue weighted by atomic mass is 9.91. The number of nitrogens with one attached hydrogen (secondary N) is 1. The number of likely N-dealkylation sites (tertiary alicyclic amines) is 1. The summed E-state index contributed by atoms with van der Waals surface area (Å²) in [6.07, 6.45) is 6.93. The van der Waals surface area contributed by atoms with Crippen molar-refractivity contribution in [3.8, 4) is 10.4 Å². The fourth-order valence-corrected chi connectivity index (χ4v) is 12.0. The molecule has 0 aliphatic carbocycles. The second-order valence-corrected chi connectivity index (χ2v) is 20.4. The van der Waals surface area contributed by atoms with Gasteiger partial charge in [-0.05, 0) is 75.1 Å². The highest BCUT2D eigenvalue weighted by Gasteiger charge is 2.44. The number of thiophene rings is 1. The van der Waals surface area contributed by atoms with Crippen molar-refractivity contribution in [2.75, 3.05) is 60.5 Å². The SMILES string of the molecule is C=C(O)/C(=C\C)c1cc2c(C)c(C3CCN(c4ncc(N5CCN(c6cc([C@H](C(=O)N7C[C@H](O)C[C@H]7C(=O)N[C@@H](C)c7ccc(-c8scnc8C)cc7)C(C)C)on6)CC5)cn4)CC3)sc2nn1. The molecule has 3 saturated heterocycles. The normalized spacial score (nSPS) is 19.3. The second kappa shape index (κ2) is 19.8. The Labute approximate surface area is 404 Å². The number of rotatable bonds is 13. The van der Waals surface area contributed by atoms with Gasteiger partial charge in [0.2, 0.25) is 17.8 Å². The highest BCUT2D eigenvalue weighted by molar-refractivity contribution is 7.19. The number of anilines is 3. The van der Waals surface area contributed by atoms with Gasteiger partial charge in [-0.2, -0.15) is 0 Å². The number of carbonyl (C=O) groups excluding carboxylic acids is 2. The minimum atomic E-state index is -0.817. The highest BCUT2D eigenvalue weighted by Crippen LogP contribution is 2.41. The summed E-state index contributed by atoms with van der Waals surface area (Å²) >= 11 is 3.30. The van der Waals surface area contributed by atoms with Crippen LogP contribution < -0.4 is 20.0 Å². The molecule has 3 aliphatic heterocycles. The van der Waals surface area contributed by atoms with Crippen LogP contribution in [-0.2, 0) is 9.59 Å². The van der Waals surface area contributed by atoms with Crippen LogP contribution in [0.15, 0.2) is 77.2 Å². The summed E-state index contributed by atoms with van der Waals surface area (Å²) in [4.78, 5) is 53.7. The number of benzene rings is 1. The van der Waals surface area contributed by atoms with Crippen molar-refractivity contribution in [3.05, 3.63) is 106 Å². The van der Waals surface area contributed by atoms with Gasteiger partial charge in [0, 0.05) is 74.1 Å². The van der Waals surface area contributed by atoms with Crippen LogP contribution in [0.1, 0.15) is 98.0 Å². The van der Waals surface area contributed by atoms with E-state index in [0.29, 0.717) is 41.9 Å². The van der Waals surface area contributed by atoms with Crippen LogP contribution in [-0.4, -0.2) is 115 Å². The number of aliphatic hydroxyl groups is 2. The van der Waals surface area contributed by atoms with Crippen LogP contribution in [0.3, 0.4) is 0 Å². The van der Waals surface area contributed by atoms with Gasteiger partial charge in [-0.25, -0.2) is 15.0 Å². The molecule has 4 atom stereocenters. The van der Waals surface area contributed by atoms with Gasteiger partial charge in [0.05, 0.1) is 52.0 Å².